The topological polar surface area (TPSA) is 112 Å². The zero-order valence-electron chi connectivity index (χ0n) is 12.6. The van der Waals surface area contributed by atoms with Gasteiger partial charge in [0.1, 0.15) is 6.04 Å². The molecule has 0 aliphatic carbocycles. The second-order valence-corrected chi connectivity index (χ2v) is 8.16. The van der Waals surface area contributed by atoms with Gasteiger partial charge in [-0.3, -0.25) is 9.89 Å². The third kappa shape index (κ3) is 3.06. The average molecular weight is 343 g/mol. The number of hydrogen-bond donors (Lipinski definition) is 3. The molecule has 3 N–H and O–H groups in total. The number of rotatable bonds is 5. The van der Waals surface area contributed by atoms with Crippen LogP contribution in [0.4, 0.5) is 0 Å². The second-order valence-electron chi connectivity index (χ2n) is 5.02. The number of nitrogens with one attached hydrogen (secondary N) is 2. The Bertz CT molecular complexity index is 801. The summed E-state index contributed by atoms with van der Waals surface area (Å²) in [4.78, 5) is 13.1. The molecular formula is C13H17N3O4S2. The molecule has 0 spiro atoms. The molecule has 1 unspecified atom stereocenters. The summed E-state index contributed by atoms with van der Waals surface area (Å²) in [5.41, 5.74) is 1.30. The van der Waals surface area contributed by atoms with Crippen molar-refractivity contribution in [3.05, 3.63) is 32.8 Å². The van der Waals surface area contributed by atoms with E-state index in [4.69, 9.17) is 0 Å². The van der Waals surface area contributed by atoms with E-state index in [1.165, 1.54) is 17.4 Å². The molecule has 0 bridgehead atoms. The lowest BCUT2D eigenvalue weighted by Gasteiger charge is -2.15. The number of carbonyl (C=O) groups is 1. The van der Waals surface area contributed by atoms with Gasteiger partial charge >= 0.3 is 5.97 Å². The van der Waals surface area contributed by atoms with Gasteiger partial charge in [-0.15, -0.1) is 11.3 Å². The van der Waals surface area contributed by atoms with Gasteiger partial charge in [-0.2, -0.15) is 9.82 Å². The third-order valence-electron chi connectivity index (χ3n) is 3.28. The first kappa shape index (κ1) is 16.7. The highest BCUT2D eigenvalue weighted by Gasteiger charge is 2.31. The fraction of sp³-hybridized carbons (Fsp3) is 0.385. The third-order valence-corrected chi connectivity index (χ3v) is 5.92. The lowest BCUT2D eigenvalue weighted by molar-refractivity contribution is -0.139. The van der Waals surface area contributed by atoms with E-state index in [1.807, 2.05) is 0 Å². The average Bonchev–Trinajstić information content (AvgIpc) is 2.90. The maximum atomic E-state index is 12.5. The number of nitrogens with zero attached hydrogens (tertiary/aromatic N) is 1. The molecule has 1 atom stereocenters. The van der Waals surface area contributed by atoms with Crippen molar-refractivity contribution in [2.75, 3.05) is 0 Å². The SMILES string of the molecule is Cc1cc(S(=O)(=O)NC(C(=O)O)c2c(C)n[nH]c2C)c(C)s1. The van der Waals surface area contributed by atoms with Crippen LogP contribution in [0.3, 0.4) is 0 Å². The van der Waals surface area contributed by atoms with Crippen LogP contribution in [-0.4, -0.2) is 29.7 Å². The number of sulfonamides is 1. The van der Waals surface area contributed by atoms with Gasteiger partial charge in [-0.05, 0) is 33.8 Å². The van der Waals surface area contributed by atoms with Crippen LogP contribution in [0.25, 0.3) is 0 Å². The summed E-state index contributed by atoms with van der Waals surface area (Å²) in [6.07, 6.45) is 0. The van der Waals surface area contributed by atoms with Gasteiger partial charge in [-0.1, -0.05) is 0 Å². The van der Waals surface area contributed by atoms with Gasteiger partial charge in [0.15, 0.2) is 0 Å². The number of aromatic nitrogens is 2. The van der Waals surface area contributed by atoms with Crippen molar-refractivity contribution in [2.45, 2.75) is 38.6 Å². The second kappa shape index (κ2) is 5.82. The number of thiophene rings is 1. The van der Waals surface area contributed by atoms with Gasteiger partial charge < -0.3 is 5.11 Å². The summed E-state index contributed by atoms with van der Waals surface area (Å²) in [5.74, 6) is -1.28. The molecule has 2 aromatic heterocycles. The summed E-state index contributed by atoms with van der Waals surface area (Å²) in [6, 6.07) is 0.152. The number of aromatic amines is 1. The van der Waals surface area contributed by atoms with E-state index < -0.39 is 22.0 Å². The van der Waals surface area contributed by atoms with E-state index in [-0.39, 0.29) is 4.90 Å². The monoisotopic (exact) mass is 343 g/mol. The first-order valence-electron chi connectivity index (χ1n) is 6.47. The molecule has 0 saturated carbocycles. The Morgan fingerprint density at radius 2 is 2.00 bits per heavy atom. The maximum absolute atomic E-state index is 12.5. The highest BCUT2D eigenvalue weighted by Crippen LogP contribution is 2.27. The quantitative estimate of drug-likeness (QED) is 0.766. The van der Waals surface area contributed by atoms with Crippen molar-refractivity contribution in [3.63, 3.8) is 0 Å². The van der Waals surface area contributed by atoms with Gasteiger partial charge in [0.05, 0.1) is 10.6 Å². The van der Waals surface area contributed by atoms with Crippen molar-refractivity contribution >= 4 is 27.3 Å². The minimum Gasteiger partial charge on any atom is -0.480 e. The Hall–Kier alpha value is -1.71. The molecule has 0 radical (unpaired) electrons. The van der Waals surface area contributed by atoms with Crippen LogP contribution >= 0.6 is 11.3 Å². The predicted molar refractivity (Wildman–Crippen MR) is 82.6 cm³/mol. The number of hydrogen-bond acceptors (Lipinski definition) is 5. The molecule has 0 amide bonds. The Balaban J connectivity index is 2.45. The van der Waals surface area contributed by atoms with Gasteiger partial charge in [0.25, 0.3) is 0 Å². The first-order chi connectivity index (χ1) is 10.1. The fourth-order valence-electron chi connectivity index (χ4n) is 2.31. The molecular weight excluding hydrogens is 326 g/mol. The lowest BCUT2D eigenvalue weighted by atomic mass is 10.1. The molecule has 7 nitrogen and oxygen atoms in total. The Morgan fingerprint density at radius 1 is 1.36 bits per heavy atom. The van der Waals surface area contributed by atoms with E-state index in [0.717, 1.165) is 4.88 Å². The normalized spacial score (nSPS) is 13.3. The predicted octanol–water partition coefficient (Wildman–Crippen LogP) is 1.81. The molecule has 120 valence electrons. The molecule has 2 rings (SSSR count). The maximum Gasteiger partial charge on any atom is 0.326 e. The van der Waals surface area contributed by atoms with Crippen LogP contribution in [0, 0.1) is 27.7 Å². The molecule has 9 heteroatoms. The number of H-pyrrole nitrogens is 1. The number of aryl methyl sites for hydroxylation is 4. The van der Waals surface area contributed by atoms with Gasteiger partial charge in [0, 0.05) is 21.0 Å². The highest BCUT2D eigenvalue weighted by molar-refractivity contribution is 7.89. The molecule has 0 fully saturated rings. The van der Waals surface area contributed by atoms with Crippen molar-refractivity contribution in [3.8, 4) is 0 Å². The number of carboxylic acids is 1. The summed E-state index contributed by atoms with van der Waals surface area (Å²) < 4.78 is 27.3. The van der Waals surface area contributed by atoms with Crippen LogP contribution in [-0.2, 0) is 14.8 Å². The largest absolute Gasteiger partial charge is 0.480 e. The standard InChI is InChI=1S/C13H17N3O4S2/c1-6-5-10(9(4)21-6)22(19,20)16-12(13(17)18)11-7(2)14-15-8(11)3/h5,12,16H,1-4H3,(H,14,15)(H,17,18). The van der Waals surface area contributed by atoms with Crippen molar-refractivity contribution in [1.29, 1.82) is 0 Å². The van der Waals surface area contributed by atoms with Crippen molar-refractivity contribution in [2.24, 2.45) is 0 Å². The van der Waals surface area contributed by atoms with Crippen LogP contribution in [0.2, 0.25) is 0 Å². The van der Waals surface area contributed by atoms with Crippen LogP contribution < -0.4 is 4.72 Å². The molecule has 22 heavy (non-hydrogen) atoms. The van der Waals surface area contributed by atoms with Crippen LogP contribution in [0.5, 0.6) is 0 Å². The van der Waals surface area contributed by atoms with E-state index >= 15 is 0 Å². The van der Waals surface area contributed by atoms with E-state index in [2.05, 4.69) is 14.9 Å². The summed E-state index contributed by atoms with van der Waals surface area (Å²) >= 11 is 1.35. The van der Waals surface area contributed by atoms with Crippen molar-refractivity contribution in [1.82, 2.24) is 14.9 Å². The molecule has 0 aliphatic heterocycles. The van der Waals surface area contributed by atoms with Gasteiger partial charge in [-0.25, -0.2) is 8.42 Å². The van der Waals surface area contributed by atoms with Crippen LogP contribution in [0.15, 0.2) is 11.0 Å². The summed E-state index contributed by atoms with van der Waals surface area (Å²) in [7, 11) is -3.94. The fourth-order valence-corrected chi connectivity index (χ4v) is 5.02. The zero-order valence-corrected chi connectivity index (χ0v) is 14.2. The molecule has 2 aromatic rings. The van der Waals surface area contributed by atoms with E-state index in [9.17, 15) is 18.3 Å². The summed E-state index contributed by atoms with van der Waals surface area (Å²) in [5, 5.41) is 16.0. The Morgan fingerprint density at radius 3 is 2.41 bits per heavy atom. The van der Waals surface area contributed by atoms with E-state index in [0.29, 0.717) is 21.8 Å². The molecule has 0 saturated heterocycles. The molecule has 2 heterocycles. The zero-order chi connectivity index (χ0) is 16.7. The highest BCUT2D eigenvalue weighted by atomic mass is 32.2. The Kier molecular flexibility index (Phi) is 4.41. The van der Waals surface area contributed by atoms with Crippen LogP contribution in [0.1, 0.15) is 32.7 Å². The molecule has 0 aromatic carbocycles. The Labute approximate surface area is 132 Å². The lowest BCUT2D eigenvalue weighted by Crippen LogP contribution is -2.34. The van der Waals surface area contributed by atoms with E-state index in [1.54, 1.807) is 27.7 Å². The summed E-state index contributed by atoms with van der Waals surface area (Å²) in [6.45, 7) is 6.77. The minimum absolute atomic E-state index is 0.111. The van der Waals surface area contributed by atoms with Gasteiger partial charge in [0.2, 0.25) is 10.0 Å². The molecule has 0 aliphatic rings. The number of carboxylic acid groups (broad SMARTS) is 1. The smallest absolute Gasteiger partial charge is 0.326 e. The first-order valence-corrected chi connectivity index (χ1v) is 8.77. The minimum atomic E-state index is -3.94. The number of aliphatic carboxylic acids is 1. The van der Waals surface area contributed by atoms with Crippen molar-refractivity contribution < 1.29 is 18.3 Å².